The summed E-state index contributed by atoms with van der Waals surface area (Å²) >= 11 is 12.2. The summed E-state index contributed by atoms with van der Waals surface area (Å²) < 4.78 is 38.3. The van der Waals surface area contributed by atoms with Gasteiger partial charge < -0.3 is 20.2 Å². The number of carbonyl (C=O) groups is 1. The van der Waals surface area contributed by atoms with Gasteiger partial charge in [-0.15, -0.1) is 0 Å². The van der Waals surface area contributed by atoms with Crippen molar-refractivity contribution >= 4 is 67.7 Å². The number of carbonyl (C=O) groups excluding carboxylic acids is 1. The molecule has 9 nitrogen and oxygen atoms in total. The van der Waals surface area contributed by atoms with E-state index in [9.17, 15) is 28.1 Å². The van der Waals surface area contributed by atoms with Gasteiger partial charge in [0.05, 0.1) is 32.7 Å². The Kier molecular flexibility index (Phi) is 11.8. The number of anilines is 1. The smallest absolute Gasteiger partial charge is 0.744 e. The van der Waals surface area contributed by atoms with Gasteiger partial charge in [-0.25, -0.2) is 8.42 Å². The molecule has 0 unspecified atom stereocenters. The Hall–Kier alpha value is -0.0900. The first-order valence-electron chi connectivity index (χ1n) is 7.76. The molecule has 0 saturated heterocycles. The van der Waals surface area contributed by atoms with Crippen LogP contribution < -0.4 is 69.7 Å². The average molecular weight is 536 g/mol. The van der Waals surface area contributed by atoms with E-state index < -0.39 is 26.7 Å². The summed E-state index contributed by atoms with van der Waals surface area (Å²) in [5, 5.41) is 26.8. The van der Waals surface area contributed by atoms with Gasteiger partial charge in [0.2, 0.25) is 0 Å². The molecule has 3 aromatic rings. The van der Waals surface area contributed by atoms with Crippen molar-refractivity contribution < 1.29 is 96.6 Å². The minimum atomic E-state index is -4.87. The summed E-state index contributed by atoms with van der Waals surface area (Å²) in [4.78, 5) is 12.1. The molecule has 0 heterocycles. The maximum Gasteiger partial charge on any atom is 1.00 e. The van der Waals surface area contributed by atoms with Gasteiger partial charge in [0.1, 0.15) is 15.9 Å². The number of halogens is 2. The zero-order valence-electron chi connectivity index (χ0n) is 16.4. The van der Waals surface area contributed by atoms with Crippen molar-refractivity contribution in [3.8, 4) is 5.75 Å². The maximum absolute atomic E-state index is 12.6. The molecule has 1 amide bonds. The van der Waals surface area contributed by atoms with E-state index >= 15 is 0 Å². The third kappa shape index (κ3) is 7.20. The predicted octanol–water partition coefficient (Wildman–Crippen LogP) is -2.75. The third-order valence-corrected chi connectivity index (χ3v) is 5.96. The van der Waals surface area contributed by atoms with Crippen LogP contribution in [0, 0.1) is 0 Å². The van der Waals surface area contributed by atoms with Crippen LogP contribution in [0.3, 0.4) is 0 Å². The van der Waals surface area contributed by atoms with E-state index in [1.807, 2.05) is 0 Å². The Bertz CT molecular complexity index is 1260. The van der Waals surface area contributed by atoms with Crippen LogP contribution in [-0.4, -0.2) is 24.0 Å². The van der Waals surface area contributed by atoms with Crippen molar-refractivity contribution in [2.24, 2.45) is 0 Å². The topological polar surface area (TPSA) is 148 Å². The van der Waals surface area contributed by atoms with Crippen molar-refractivity contribution in [2.75, 3.05) is 5.32 Å². The predicted molar refractivity (Wildman–Crippen MR) is 106 cm³/mol. The minimum absolute atomic E-state index is 0. The number of hydrogen-bond acceptors (Lipinski definition) is 9. The van der Waals surface area contributed by atoms with E-state index in [-0.39, 0.29) is 96.1 Å². The molecular weight excluding hydrogens is 527 g/mol. The molecule has 0 spiro atoms. The van der Waals surface area contributed by atoms with E-state index in [1.165, 1.54) is 30.3 Å². The van der Waals surface area contributed by atoms with Crippen LogP contribution in [0.2, 0.25) is 10.0 Å². The zero-order valence-corrected chi connectivity index (χ0v) is 23.6. The summed E-state index contributed by atoms with van der Waals surface area (Å²) in [5.41, 5.74) is 0.181. The van der Waals surface area contributed by atoms with Crippen LogP contribution in [0.1, 0.15) is 10.4 Å². The first-order chi connectivity index (χ1) is 14.1. The van der Waals surface area contributed by atoms with Crippen LogP contribution in [0.4, 0.5) is 5.69 Å². The van der Waals surface area contributed by atoms with Crippen LogP contribution in [-0.2, 0) is 19.5 Å². The van der Waals surface area contributed by atoms with E-state index in [2.05, 4.69) is 14.7 Å². The third-order valence-electron chi connectivity index (χ3n) is 3.85. The number of fused-ring (bicyclic) bond motifs is 1. The molecule has 0 aliphatic heterocycles. The number of rotatable bonds is 6. The van der Waals surface area contributed by atoms with Gasteiger partial charge in [-0.05, 0) is 47.9 Å². The first kappa shape index (κ1) is 29.9. The molecule has 0 aliphatic rings. The van der Waals surface area contributed by atoms with E-state index in [0.29, 0.717) is 12.0 Å². The standard InChI is InChI=1S/C17H11Cl2NO8S2.2Na/c18-12-2-1-8(5-13(12)19)17(22)20-14-6-10(29-28-27-23)3-9-4-11(30(24,25)26)7-15(21)16(9)14;;/h1-7,21,23H,(H,20,22)(H,24,25,26);;/q;2*+1/p-2. The summed E-state index contributed by atoms with van der Waals surface area (Å²) in [6.07, 6.45) is 0. The van der Waals surface area contributed by atoms with Crippen molar-refractivity contribution in [3.05, 3.63) is 58.1 Å². The molecule has 0 aromatic heterocycles. The monoisotopic (exact) mass is 535 g/mol. The van der Waals surface area contributed by atoms with Gasteiger partial charge in [0.15, 0.2) is 0 Å². The van der Waals surface area contributed by atoms with Crippen molar-refractivity contribution in [1.82, 2.24) is 0 Å². The number of aromatic hydroxyl groups is 1. The Labute approximate surface area is 240 Å². The molecule has 15 heteroatoms. The quantitative estimate of drug-likeness (QED) is 0.113. The van der Waals surface area contributed by atoms with Crippen molar-refractivity contribution in [1.29, 1.82) is 0 Å². The molecule has 0 atom stereocenters. The second-order valence-electron chi connectivity index (χ2n) is 5.77. The normalized spacial score (nSPS) is 10.9. The van der Waals surface area contributed by atoms with Gasteiger partial charge in [0, 0.05) is 15.8 Å². The number of amides is 1. The van der Waals surface area contributed by atoms with E-state index in [0.717, 1.165) is 12.1 Å². The minimum Gasteiger partial charge on any atom is -0.744 e. The number of phenols is 1. The van der Waals surface area contributed by atoms with Crippen LogP contribution >= 0.6 is 35.2 Å². The molecule has 3 rings (SSSR count). The van der Waals surface area contributed by atoms with Gasteiger partial charge in [-0.1, -0.05) is 23.2 Å². The summed E-state index contributed by atoms with van der Waals surface area (Å²) in [5.74, 6) is -1.19. The van der Waals surface area contributed by atoms with Crippen molar-refractivity contribution in [3.63, 3.8) is 0 Å². The molecule has 0 fully saturated rings. The summed E-state index contributed by atoms with van der Waals surface area (Å²) in [7, 11) is -4.87. The SMILES string of the molecule is O=C(Nc1cc(SOO[O-])cc2cc(S(=O)(=O)[O-])cc(O)c12)c1ccc(Cl)c(Cl)c1.[Na+].[Na+]. The fourth-order valence-corrected chi connectivity index (χ4v) is 3.89. The van der Waals surface area contributed by atoms with Gasteiger partial charge in [-0.2, -0.15) is 4.33 Å². The van der Waals surface area contributed by atoms with Crippen LogP contribution in [0.25, 0.3) is 10.8 Å². The average Bonchev–Trinajstić information content (AvgIpc) is 2.67. The molecule has 158 valence electrons. The molecule has 0 bridgehead atoms. The second kappa shape index (κ2) is 12.6. The van der Waals surface area contributed by atoms with E-state index in [1.54, 1.807) is 0 Å². The Morgan fingerprint density at radius 2 is 1.75 bits per heavy atom. The van der Waals surface area contributed by atoms with Crippen LogP contribution in [0.15, 0.2) is 52.3 Å². The second-order valence-corrected chi connectivity index (χ2v) is 8.74. The fraction of sp³-hybridized carbons (Fsp3) is 0. The van der Waals surface area contributed by atoms with Gasteiger partial charge in [-0.3, -0.25) is 9.83 Å². The Morgan fingerprint density at radius 1 is 1.06 bits per heavy atom. The molecule has 3 aromatic carbocycles. The maximum atomic E-state index is 12.6. The van der Waals surface area contributed by atoms with E-state index in [4.69, 9.17) is 23.2 Å². The summed E-state index contributed by atoms with van der Waals surface area (Å²) in [6.45, 7) is 0. The van der Waals surface area contributed by atoms with Gasteiger partial charge in [0.25, 0.3) is 5.91 Å². The molecule has 2 N–H and O–H groups in total. The Balaban J connectivity index is 0.00000256. The summed E-state index contributed by atoms with van der Waals surface area (Å²) in [6, 6.07) is 8.61. The fourth-order valence-electron chi connectivity index (χ4n) is 2.61. The van der Waals surface area contributed by atoms with Crippen LogP contribution in [0.5, 0.6) is 5.75 Å². The molecule has 0 aliphatic carbocycles. The first-order valence-corrected chi connectivity index (χ1v) is 10.7. The largest absolute Gasteiger partial charge is 1.00 e. The molecule has 32 heavy (non-hydrogen) atoms. The number of benzene rings is 3. The molecular formula is C17H9Cl2NNa2O8S2. The zero-order chi connectivity index (χ0) is 22.1. The number of phenolic OH excluding ortho intramolecular Hbond substituents is 1. The van der Waals surface area contributed by atoms with Crippen molar-refractivity contribution in [2.45, 2.75) is 9.79 Å². The van der Waals surface area contributed by atoms with Gasteiger partial charge >= 0.3 is 59.1 Å². The number of nitrogens with one attached hydrogen (secondary N) is 1. The molecule has 0 radical (unpaired) electrons. The number of hydrogen-bond donors (Lipinski definition) is 2. The molecule has 0 saturated carbocycles. The Morgan fingerprint density at radius 3 is 2.34 bits per heavy atom.